The van der Waals surface area contributed by atoms with Crippen molar-refractivity contribution in [3.8, 4) is 5.88 Å². The van der Waals surface area contributed by atoms with E-state index in [4.69, 9.17) is 27.9 Å². The SMILES string of the molecule is Fc1ccc(Br)nc1OCc1ccc(Cl)cc1Cl. The number of hydrogen-bond acceptors (Lipinski definition) is 2. The zero-order valence-corrected chi connectivity index (χ0v) is 12.1. The van der Waals surface area contributed by atoms with Crippen molar-refractivity contribution in [2.45, 2.75) is 6.61 Å². The van der Waals surface area contributed by atoms with Crippen LogP contribution < -0.4 is 4.74 Å². The van der Waals surface area contributed by atoms with Gasteiger partial charge in [0.05, 0.1) is 0 Å². The third kappa shape index (κ3) is 3.34. The molecule has 0 saturated carbocycles. The van der Waals surface area contributed by atoms with Crippen molar-refractivity contribution in [3.05, 3.63) is 56.4 Å². The molecule has 0 fully saturated rings. The first-order valence-electron chi connectivity index (χ1n) is 4.95. The van der Waals surface area contributed by atoms with E-state index in [0.717, 1.165) is 0 Å². The second-order valence-electron chi connectivity index (χ2n) is 3.45. The number of benzene rings is 1. The molecule has 0 radical (unpaired) electrons. The smallest absolute Gasteiger partial charge is 0.251 e. The van der Waals surface area contributed by atoms with Crippen molar-refractivity contribution < 1.29 is 9.13 Å². The Labute approximate surface area is 122 Å². The first kappa shape index (κ1) is 13.6. The van der Waals surface area contributed by atoms with Gasteiger partial charge in [0.15, 0.2) is 5.82 Å². The van der Waals surface area contributed by atoms with E-state index in [1.165, 1.54) is 12.1 Å². The van der Waals surface area contributed by atoms with Crippen molar-refractivity contribution in [3.63, 3.8) is 0 Å². The number of pyridine rings is 1. The quantitative estimate of drug-likeness (QED) is 0.737. The van der Waals surface area contributed by atoms with Crippen LogP contribution in [0.2, 0.25) is 10.0 Å². The molecule has 0 aliphatic rings. The molecule has 0 atom stereocenters. The molecule has 6 heteroatoms. The standard InChI is InChI=1S/C12H7BrCl2FNO/c13-11-4-3-10(16)12(17-11)18-6-7-1-2-8(14)5-9(7)15/h1-5H,6H2. The van der Waals surface area contributed by atoms with Crippen molar-refractivity contribution in [1.82, 2.24) is 4.98 Å². The van der Waals surface area contributed by atoms with Gasteiger partial charge in [0.2, 0.25) is 0 Å². The van der Waals surface area contributed by atoms with E-state index in [1.807, 2.05) is 0 Å². The second kappa shape index (κ2) is 5.87. The number of hydrogen-bond donors (Lipinski definition) is 0. The molecule has 94 valence electrons. The maximum absolute atomic E-state index is 13.4. The van der Waals surface area contributed by atoms with Crippen molar-refractivity contribution in [2.75, 3.05) is 0 Å². The van der Waals surface area contributed by atoms with E-state index in [9.17, 15) is 4.39 Å². The molecular weight excluding hydrogens is 344 g/mol. The number of rotatable bonds is 3. The molecule has 0 unspecified atom stereocenters. The zero-order valence-electron chi connectivity index (χ0n) is 8.96. The van der Waals surface area contributed by atoms with Gasteiger partial charge in [-0.15, -0.1) is 0 Å². The maximum Gasteiger partial charge on any atom is 0.251 e. The van der Waals surface area contributed by atoms with Crippen LogP contribution in [0.4, 0.5) is 4.39 Å². The third-order valence-electron chi connectivity index (χ3n) is 2.16. The van der Waals surface area contributed by atoms with Crippen LogP contribution in [0.5, 0.6) is 5.88 Å². The van der Waals surface area contributed by atoms with Gasteiger partial charge in [0, 0.05) is 15.6 Å². The van der Waals surface area contributed by atoms with E-state index < -0.39 is 5.82 Å². The predicted molar refractivity (Wildman–Crippen MR) is 72.7 cm³/mol. The van der Waals surface area contributed by atoms with Crippen molar-refractivity contribution >= 4 is 39.1 Å². The van der Waals surface area contributed by atoms with Crippen LogP contribution in [0.1, 0.15) is 5.56 Å². The van der Waals surface area contributed by atoms with E-state index >= 15 is 0 Å². The van der Waals surface area contributed by atoms with Crippen LogP contribution in [0, 0.1) is 5.82 Å². The van der Waals surface area contributed by atoms with Gasteiger partial charge in [-0.3, -0.25) is 0 Å². The monoisotopic (exact) mass is 349 g/mol. The molecule has 0 aliphatic carbocycles. The highest BCUT2D eigenvalue weighted by molar-refractivity contribution is 9.10. The summed E-state index contributed by atoms with van der Waals surface area (Å²) in [6.07, 6.45) is 0. The van der Waals surface area contributed by atoms with Crippen LogP contribution in [-0.4, -0.2) is 4.98 Å². The lowest BCUT2D eigenvalue weighted by Crippen LogP contribution is -2.00. The zero-order chi connectivity index (χ0) is 13.1. The normalized spacial score (nSPS) is 10.4. The van der Waals surface area contributed by atoms with Crippen LogP contribution in [0.25, 0.3) is 0 Å². The highest BCUT2D eigenvalue weighted by atomic mass is 79.9. The summed E-state index contributed by atoms with van der Waals surface area (Å²) in [5.41, 5.74) is 0.710. The molecule has 2 aromatic rings. The minimum Gasteiger partial charge on any atom is -0.471 e. The van der Waals surface area contributed by atoms with Gasteiger partial charge < -0.3 is 4.74 Å². The summed E-state index contributed by atoms with van der Waals surface area (Å²) in [5.74, 6) is -0.598. The summed E-state index contributed by atoms with van der Waals surface area (Å²) in [4.78, 5) is 3.89. The van der Waals surface area contributed by atoms with Crippen molar-refractivity contribution in [2.24, 2.45) is 0 Å². The summed E-state index contributed by atoms with van der Waals surface area (Å²) in [6.45, 7) is 0.121. The molecule has 1 heterocycles. The average molecular weight is 351 g/mol. The number of ether oxygens (including phenoxy) is 1. The Hall–Kier alpha value is -0.840. The van der Waals surface area contributed by atoms with Gasteiger partial charge in [-0.1, -0.05) is 29.3 Å². The second-order valence-corrected chi connectivity index (χ2v) is 5.10. The molecule has 0 aliphatic heterocycles. The summed E-state index contributed by atoms with van der Waals surface area (Å²) in [6, 6.07) is 7.79. The van der Waals surface area contributed by atoms with Crippen molar-refractivity contribution in [1.29, 1.82) is 0 Å². The fourth-order valence-corrected chi connectivity index (χ4v) is 2.04. The number of halogens is 4. The first-order chi connectivity index (χ1) is 8.56. The van der Waals surface area contributed by atoms with Gasteiger partial charge in [-0.05, 0) is 40.2 Å². The van der Waals surface area contributed by atoms with Gasteiger partial charge in [-0.25, -0.2) is 9.37 Å². The number of nitrogens with zero attached hydrogens (tertiary/aromatic N) is 1. The lowest BCUT2D eigenvalue weighted by molar-refractivity contribution is 0.276. The van der Waals surface area contributed by atoms with Crippen LogP contribution >= 0.6 is 39.1 Å². The Morgan fingerprint density at radius 3 is 2.72 bits per heavy atom. The average Bonchev–Trinajstić information content (AvgIpc) is 2.32. The molecule has 0 spiro atoms. The molecule has 1 aromatic carbocycles. The minimum atomic E-state index is -0.525. The Balaban J connectivity index is 2.13. The molecule has 1 aromatic heterocycles. The molecule has 18 heavy (non-hydrogen) atoms. The van der Waals surface area contributed by atoms with E-state index in [1.54, 1.807) is 18.2 Å². The fraction of sp³-hybridized carbons (Fsp3) is 0.0833. The summed E-state index contributed by atoms with van der Waals surface area (Å²) < 4.78 is 19.2. The van der Waals surface area contributed by atoms with Gasteiger partial charge in [0.1, 0.15) is 11.2 Å². The van der Waals surface area contributed by atoms with E-state index in [0.29, 0.717) is 20.2 Å². The summed E-state index contributed by atoms with van der Waals surface area (Å²) in [7, 11) is 0. The van der Waals surface area contributed by atoms with E-state index in [2.05, 4.69) is 20.9 Å². The molecule has 0 N–H and O–H groups in total. The molecule has 0 saturated heterocycles. The molecular formula is C12H7BrCl2FNO. The lowest BCUT2D eigenvalue weighted by atomic mass is 10.2. The largest absolute Gasteiger partial charge is 0.471 e. The Morgan fingerprint density at radius 2 is 2.00 bits per heavy atom. The molecule has 0 bridgehead atoms. The Bertz CT molecular complexity index is 580. The highest BCUT2D eigenvalue weighted by Crippen LogP contribution is 2.23. The minimum absolute atomic E-state index is 0.0737. The Morgan fingerprint density at radius 1 is 1.22 bits per heavy atom. The third-order valence-corrected chi connectivity index (χ3v) is 3.19. The van der Waals surface area contributed by atoms with Crippen LogP contribution in [0.3, 0.4) is 0 Å². The van der Waals surface area contributed by atoms with Gasteiger partial charge in [0.25, 0.3) is 5.88 Å². The Kier molecular flexibility index (Phi) is 4.43. The maximum atomic E-state index is 13.4. The van der Waals surface area contributed by atoms with Crippen LogP contribution in [0.15, 0.2) is 34.9 Å². The van der Waals surface area contributed by atoms with Gasteiger partial charge >= 0.3 is 0 Å². The van der Waals surface area contributed by atoms with E-state index in [-0.39, 0.29) is 12.5 Å². The highest BCUT2D eigenvalue weighted by Gasteiger charge is 2.08. The topological polar surface area (TPSA) is 22.1 Å². The number of aromatic nitrogens is 1. The summed E-state index contributed by atoms with van der Waals surface area (Å²) >= 11 is 14.9. The van der Waals surface area contributed by atoms with Gasteiger partial charge in [-0.2, -0.15) is 0 Å². The first-order valence-corrected chi connectivity index (χ1v) is 6.50. The predicted octanol–water partition coefficient (Wildman–Crippen LogP) is 4.87. The fourth-order valence-electron chi connectivity index (χ4n) is 1.29. The lowest BCUT2D eigenvalue weighted by Gasteiger charge is -2.08. The molecule has 2 rings (SSSR count). The molecule has 0 amide bonds. The summed E-state index contributed by atoms with van der Waals surface area (Å²) in [5, 5.41) is 1.01. The molecule has 2 nitrogen and oxygen atoms in total. The van der Waals surface area contributed by atoms with Crippen LogP contribution in [-0.2, 0) is 6.61 Å².